The molecule has 0 bridgehead atoms. The molecule has 28 heavy (non-hydrogen) atoms. The lowest BCUT2D eigenvalue weighted by atomic mass is 10.1. The molecule has 8 nitrogen and oxygen atoms in total. The molecule has 1 fully saturated rings. The number of hydrogen-bond acceptors (Lipinski definition) is 6. The van der Waals surface area contributed by atoms with Gasteiger partial charge in [-0.3, -0.25) is 14.9 Å². The Morgan fingerprint density at radius 1 is 1.18 bits per heavy atom. The maximum atomic E-state index is 13.3. The topological polar surface area (TPSA) is 101 Å². The highest BCUT2D eigenvalue weighted by atomic mass is 32.2. The molecule has 0 unspecified atom stereocenters. The van der Waals surface area contributed by atoms with Gasteiger partial charge in [-0.25, -0.2) is 12.8 Å². The van der Waals surface area contributed by atoms with E-state index < -0.39 is 20.4 Å². The van der Waals surface area contributed by atoms with Crippen LogP contribution in [-0.2, 0) is 21.2 Å². The van der Waals surface area contributed by atoms with Crippen molar-refractivity contribution < 1.29 is 22.5 Å². The molecular formula is C18H18FN3O5S. The Morgan fingerprint density at radius 3 is 2.54 bits per heavy atom. The van der Waals surface area contributed by atoms with Gasteiger partial charge in [-0.2, -0.15) is 0 Å². The second kappa shape index (κ2) is 7.55. The Kier molecular flexibility index (Phi) is 5.32. The molecule has 2 aromatic carbocycles. The fourth-order valence-corrected chi connectivity index (χ4v) is 3.96. The molecule has 0 spiro atoms. The summed E-state index contributed by atoms with van der Waals surface area (Å²) in [6.45, 7) is 1.05. The first kappa shape index (κ1) is 19.7. The second-order valence-electron chi connectivity index (χ2n) is 6.55. The number of anilines is 1. The van der Waals surface area contributed by atoms with Crippen LogP contribution in [0.5, 0.6) is 0 Å². The zero-order valence-electron chi connectivity index (χ0n) is 15.0. The molecule has 0 aromatic heterocycles. The summed E-state index contributed by atoms with van der Waals surface area (Å²) >= 11 is 0. The van der Waals surface area contributed by atoms with Crippen molar-refractivity contribution in [2.45, 2.75) is 11.4 Å². The van der Waals surface area contributed by atoms with Crippen LogP contribution in [0.25, 0.3) is 0 Å². The Bertz CT molecular complexity index is 1040. The summed E-state index contributed by atoms with van der Waals surface area (Å²) in [6.07, 6.45) is 0.904. The zero-order valence-corrected chi connectivity index (χ0v) is 15.9. The number of carbonyl (C=O) groups excluding carboxylic acids is 1. The number of hydrogen-bond donors (Lipinski definition) is 0. The van der Waals surface area contributed by atoms with E-state index in [1.807, 2.05) is 0 Å². The molecule has 10 heteroatoms. The van der Waals surface area contributed by atoms with Crippen molar-refractivity contribution >= 4 is 27.1 Å². The maximum Gasteiger partial charge on any atom is 0.288 e. The summed E-state index contributed by atoms with van der Waals surface area (Å²) in [7, 11) is -3.81. The van der Waals surface area contributed by atoms with E-state index in [4.69, 9.17) is 0 Å². The standard InChI is InChI=1S/C18H18FN3O5S/c1-28(26,27)17-10-15(5-6-16(17)22(24)25)20-7-8-21(18(23)12-20)11-13-3-2-4-14(19)9-13/h2-6,9-10H,7-8,11-12H2,1H3. The van der Waals surface area contributed by atoms with Gasteiger partial charge in [0.15, 0.2) is 9.84 Å². The molecular weight excluding hydrogens is 389 g/mol. The fraction of sp³-hybridized carbons (Fsp3) is 0.278. The summed E-state index contributed by atoms with van der Waals surface area (Å²) in [5.74, 6) is -0.572. The van der Waals surface area contributed by atoms with E-state index in [-0.39, 0.29) is 29.7 Å². The van der Waals surface area contributed by atoms with Gasteiger partial charge in [-0.15, -0.1) is 0 Å². The van der Waals surface area contributed by atoms with E-state index in [2.05, 4.69) is 0 Å². The quantitative estimate of drug-likeness (QED) is 0.555. The van der Waals surface area contributed by atoms with Crippen LogP contribution in [0.2, 0.25) is 0 Å². The first-order chi connectivity index (χ1) is 13.1. The number of nitrogens with zero attached hydrogens (tertiary/aromatic N) is 3. The van der Waals surface area contributed by atoms with Gasteiger partial charge < -0.3 is 9.80 Å². The molecule has 0 radical (unpaired) electrons. The van der Waals surface area contributed by atoms with Gasteiger partial charge in [0, 0.05) is 37.6 Å². The minimum Gasteiger partial charge on any atom is -0.360 e. The molecule has 148 valence electrons. The Hall–Kier alpha value is -3.01. The molecule has 0 atom stereocenters. The van der Waals surface area contributed by atoms with Crippen molar-refractivity contribution in [3.05, 3.63) is 64.0 Å². The van der Waals surface area contributed by atoms with Crippen molar-refractivity contribution in [1.29, 1.82) is 0 Å². The molecule has 1 amide bonds. The van der Waals surface area contributed by atoms with Crippen molar-refractivity contribution in [3.63, 3.8) is 0 Å². The Morgan fingerprint density at radius 2 is 1.93 bits per heavy atom. The van der Waals surface area contributed by atoms with Gasteiger partial charge in [-0.1, -0.05) is 12.1 Å². The number of benzene rings is 2. The van der Waals surface area contributed by atoms with Crippen LogP contribution in [-0.4, -0.2) is 50.0 Å². The molecule has 1 aliphatic heterocycles. The monoisotopic (exact) mass is 407 g/mol. The second-order valence-corrected chi connectivity index (χ2v) is 8.53. The van der Waals surface area contributed by atoms with Crippen LogP contribution in [0.15, 0.2) is 47.4 Å². The molecule has 1 saturated heterocycles. The summed E-state index contributed by atoms with van der Waals surface area (Å²) in [4.78, 5) is 25.7. The highest BCUT2D eigenvalue weighted by Gasteiger charge is 2.28. The molecule has 3 rings (SSSR count). The zero-order chi connectivity index (χ0) is 20.5. The third-order valence-corrected chi connectivity index (χ3v) is 5.61. The van der Waals surface area contributed by atoms with Gasteiger partial charge in [0.05, 0.1) is 11.5 Å². The van der Waals surface area contributed by atoms with Gasteiger partial charge >= 0.3 is 0 Å². The van der Waals surface area contributed by atoms with E-state index in [0.29, 0.717) is 24.3 Å². The smallest absolute Gasteiger partial charge is 0.288 e. The number of nitro groups is 1. The molecule has 1 aliphatic rings. The van der Waals surface area contributed by atoms with Crippen molar-refractivity contribution in [2.24, 2.45) is 0 Å². The van der Waals surface area contributed by atoms with Gasteiger partial charge in [0.25, 0.3) is 5.69 Å². The summed E-state index contributed by atoms with van der Waals surface area (Å²) in [5, 5.41) is 11.1. The third-order valence-electron chi connectivity index (χ3n) is 4.49. The lowest BCUT2D eigenvalue weighted by Gasteiger charge is -2.35. The number of carbonyl (C=O) groups is 1. The van der Waals surface area contributed by atoms with Crippen molar-refractivity contribution in [2.75, 3.05) is 30.8 Å². The predicted molar refractivity (Wildman–Crippen MR) is 100 cm³/mol. The average molecular weight is 407 g/mol. The number of amides is 1. The maximum absolute atomic E-state index is 13.3. The van der Waals surface area contributed by atoms with Gasteiger partial charge in [0.1, 0.15) is 10.7 Å². The summed E-state index contributed by atoms with van der Waals surface area (Å²) < 4.78 is 37.1. The predicted octanol–water partition coefficient (Wildman–Crippen LogP) is 1.99. The Balaban J connectivity index is 1.78. The highest BCUT2D eigenvalue weighted by molar-refractivity contribution is 7.90. The molecule has 1 heterocycles. The molecule has 0 aliphatic carbocycles. The van der Waals surface area contributed by atoms with Gasteiger partial charge in [0.2, 0.25) is 5.91 Å². The number of nitro benzene ring substituents is 1. The fourth-order valence-electron chi connectivity index (χ4n) is 3.10. The average Bonchev–Trinajstić information content (AvgIpc) is 2.62. The largest absolute Gasteiger partial charge is 0.360 e. The van der Waals surface area contributed by atoms with Crippen LogP contribution in [0.1, 0.15) is 5.56 Å². The minimum absolute atomic E-state index is 0.00364. The lowest BCUT2D eigenvalue weighted by Crippen LogP contribution is -2.50. The minimum atomic E-state index is -3.81. The number of piperazine rings is 1. The first-order valence-electron chi connectivity index (χ1n) is 8.41. The van der Waals surface area contributed by atoms with E-state index in [1.54, 1.807) is 21.9 Å². The van der Waals surface area contributed by atoms with E-state index in [0.717, 1.165) is 12.3 Å². The van der Waals surface area contributed by atoms with Crippen molar-refractivity contribution in [1.82, 2.24) is 4.90 Å². The van der Waals surface area contributed by atoms with Crippen LogP contribution >= 0.6 is 0 Å². The summed E-state index contributed by atoms with van der Waals surface area (Å²) in [5.41, 5.74) is 0.601. The van der Waals surface area contributed by atoms with Crippen molar-refractivity contribution in [3.8, 4) is 0 Å². The SMILES string of the molecule is CS(=O)(=O)c1cc(N2CCN(Cc3cccc(F)c3)C(=O)C2)ccc1[N+](=O)[O-]. The number of halogens is 1. The van der Waals surface area contributed by atoms with Crippen LogP contribution in [0.4, 0.5) is 15.8 Å². The molecule has 0 saturated carbocycles. The molecule has 0 N–H and O–H groups in total. The first-order valence-corrected chi connectivity index (χ1v) is 10.3. The highest BCUT2D eigenvalue weighted by Crippen LogP contribution is 2.29. The number of rotatable bonds is 5. The third kappa shape index (κ3) is 4.28. The van der Waals surface area contributed by atoms with E-state index >= 15 is 0 Å². The van der Waals surface area contributed by atoms with Gasteiger partial charge in [-0.05, 0) is 29.8 Å². The molecule has 2 aromatic rings. The normalized spacial score (nSPS) is 15.0. The van der Waals surface area contributed by atoms with Crippen LogP contribution in [0.3, 0.4) is 0 Å². The lowest BCUT2D eigenvalue weighted by molar-refractivity contribution is -0.387. The van der Waals surface area contributed by atoms with E-state index in [9.17, 15) is 27.7 Å². The Labute approximate surface area is 161 Å². The number of sulfone groups is 1. The van der Waals surface area contributed by atoms with Crippen LogP contribution in [0, 0.1) is 15.9 Å². The van der Waals surface area contributed by atoms with Crippen LogP contribution < -0.4 is 4.90 Å². The summed E-state index contributed by atoms with van der Waals surface area (Å²) in [6, 6.07) is 9.80. The van der Waals surface area contributed by atoms with E-state index in [1.165, 1.54) is 24.3 Å².